The molecule has 0 radical (unpaired) electrons. The third kappa shape index (κ3) is 13.1. The van der Waals surface area contributed by atoms with E-state index in [1.165, 1.54) is 38.5 Å². The van der Waals surface area contributed by atoms with Crippen LogP contribution in [0.15, 0.2) is 0 Å². The van der Waals surface area contributed by atoms with Gasteiger partial charge in [-0.3, -0.25) is 4.79 Å². The fourth-order valence-corrected chi connectivity index (χ4v) is 1.72. The summed E-state index contributed by atoms with van der Waals surface area (Å²) in [6.45, 7) is 4.54. The van der Waals surface area contributed by atoms with Gasteiger partial charge in [-0.2, -0.15) is 0 Å². The average Bonchev–Trinajstić information content (AvgIpc) is 2.36. The molecule has 0 N–H and O–H groups in total. The minimum Gasteiger partial charge on any atom is -0.466 e. The van der Waals surface area contributed by atoms with Crippen LogP contribution >= 0.6 is 0 Å². The van der Waals surface area contributed by atoms with Crippen molar-refractivity contribution in [3.05, 3.63) is 0 Å². The van der Waals surface area contributed by atoms with Crippen LogP contribution in [0.25, 0.3) is 0 Å². The summed E-state index contributed by atoms with van der Waals surface area (Å²) in [5, 5.41) is 0. The molecule has 0 bridgehead atoms. The van der Waals surface area contributed by atoms with E-state index >= 15 is 0 Å². The second-order valence-corrected chi connectivity index (χ2v) is 4.53. The van der Waals surface area contributed by atoms with Gasteiger partial charge < -0.3 is 4.74 Å². The number of rotatable bonds is 10. The molecule has 0 fully saturated rings. The first-order valence-electron chi connectivity index (χ1n) is 7.42. The van der Waals surface area contributed by atoms with Crippen molar-refractivity contribution in [3.63, 3.8) is 0 Å². The predicted octanol–water partition coefficient (Wildman–Crippen LogP) is 4.47. The summed E-state index contributed by atoms with van der Waals surface area (Å²) in [5.74, 6) is 6.21. The quantitative estimate of drug-likeness (QED) is 0.326. The molecular weight excluding hydrogens is 224 g/mol. The lowest BCUT2D eigenvalue weighted by Gasteiger charge is -1.98. The van der Waals surface area contributed by atoms with Crippen molar-refractivity contribution < 1.29 is 9.53 Å². The van der Waals surface area contributed by atoms with Gasteiger partial charge in [0.2, 0.25) is 0 Å². The molecule has 0 aliphatic heterocycles. The highest BCUT2D eigenvalue weighted by Gasteiger charge is 1.98. The third-order valence-electron chi connectivity index (χ3n) is 2.77. The summed E-state index contributed by atoms with van der Waals surface area (Å²) >= 11 is 0. The summed E-state index contributed by atoms with van der Waals surface area (Å²) in [7, 11) is 0. The van der Waals surface area contributed by atoms with E-state index in [-0.39, 0.29) is 5.97 Å². The Morgan fingerprint density at radius 1 is 0.889 bits per heavy atom. The maximum atomic E-state index is 11.0. The highest BCUT2D eigenvalue weighted by molar-refractivity contribution is 5.69. The molecule has 0 saturated carbocycles. The summed E-state index contributed by atoms with van der Waals surface area (Å²) in [5.41, 5.74) is 0. The summed E-state index contributed by atoms with van der Waals surface area (Å²) in [6, 6.07) is 0. The number of hydrogen-bond acceptors (Lipinski definition) is 2. The molecule has 0 unspecified atom stereocenters. The van der Waals surface area contributed by atoms with Crippen molar-refractivity contribution in [1.29, 1.82) is 0 Å². The third-order valence-corrected chi connectivity index (χ3v) is 2.77. The summed E-state index contributed by atoms with van der Waals surface area (Å²) in [4.78, 5) is 11.0. The second kappa shape index (κ2) is 14.1. The molecule has 0 aliphatic carbocycles. The average molecular weight is 252 g/mol. The van der Waals surface area contributed by atoms with Crippen molar-refractivity contribution >= 4 is 5.97 Å². The Hall–Kier alpha value is -0.970. The van der Waals surface area contributed by atoms with Crippen LogP contribution in [0.4, 0.5) is 0 Å². The molecule has 0 atom stereocenters. The van der Waals surface area contributed by atoms with Crippen LogP contribution in [-0.2, 0) is 9.53 Å². The van der Waals surface area contributed by atoms with Gasteiger partial charge >= 0.3 is 5.97 Å². The number of carbonyl (C=O) groups excluding carboxylic acids is 1. The standard InChI is InChI=1S/C16H28O2/c1-3-5-6-7-8-9-10-11-12-13-14-15-16(17)18-4-2/h3-10,13-15H2,1-2H3. The van der Waals surface area contributed by atoms with E-state index in [0.717, 1.165) is 19.3 Å². The van der Waals surface area contributed by atoms with Gasteiger partial charge in [-0.1, -0.05) is 39.0 Å². The molecule has 18 heavy (non-hydrogen) atoms. The van der Waals surface area contributed by atoms with Gasteiger partial charge in [0.25, 0.3) is 0 Å². The molecule has 0 spiro atoms. The Labute approximate surface area is 112 Å². The minimum atomic E-state index is -0.102. The molecule has 0 amide bonds. The molecular formula is C16H28O2. The largest absolute Gasteiger partial charge is 0.466 e. The van der Waals surface area contributed by atoms with Gasteiger partial charge in [0.05, 0.1) is 6.61 Å². The molecule has 0 saturated heterocycles. The Balaban J connectivity index is 3.21. The zero-order valence-electron chi connectivity index (χ0n) is 12.1. The van der Waals surface area contributed by atoms with Crippen LogP contribution in [0.3, 0.4) is 0 Å². The lowest BCUT2D eigenvalue weighted by Crippen LogP contribution is -2.02. The van der Waals surface area contributed by atoms with Crippen molar-refractivity contribution in [2.75, 3.05) is 6.61 Å². The Morgan fingerprint density at radius 3 is 2.17 bits per heavy atom. The minimum absolute atomic E-state index is 0.102. The van der Waals surface area contributed by atoms with Crippen LogP contribution < -0.4 is 0 Å². The van der Waals surface area contributed by atoms with E-state index in [9.17, 15) is 4.79 Å². The summed E-state index contributed by atoms with van der Waals surface area (Å²) < 4.78 is 4.85. The van der Waals surface area contributed by atoms with Crippen molar-refractivity contribution in [2.45, 2.75) is 78.1 Å². The zero-order valence-corrected chi connectivity index (χ0v) is 12.1. The Morgan fingerprint density at radius 2 is 1.50 bits per heavy atom. The number of ether oxygens (including phenoxy) is 1. The SMILES string of the molecule is CCCCCCCCC#CCCCC(=O)OCC. The van der Waals surface area contributed by atoms with Crippen LogP contribution in [0, 0.1) is 11.8 Å². The first kappa shape index (κ1) is 17.0. The summed E-state index contributed by atoms with van der Waals surface area (Å²) in [6.07, 6.45) is 11.0. The predicted molar refractivity (Wildman–Crippen MR) is 76.3 cm³/mol. The molecule has 2 nitrogen and oxygen atoms in total. The molecule has 0 aliphatic rings. The lowest BCUT2D eigenvalue weighted by molar-refractivity contribution is -0.143. The topological polar surface area (TPSA) is 26.3 Å². The van der Waals surface area contributed by atoms with Gasteiger partial charge in [-0.15, -0.1) is 11.8 Å². The van der Waals surface area contributed by atoms with Gasteiger partial charge in [-0.25, -0.2) is 0 Å². The van der Waals surface area contributed by atoms with Crippen molar-refractivity contribution in [2.24, 2.45) is 0 Å². The van der Waals surface area contributed by atoms with E-state index in [0.29, 0.717) is 13.0 Å². The zero-order chi connectivity index (χ0) is 13.5. The number of unbranched alkanes of at least 4 members (excludes halogenated alkanes) is 7. The Bertz CT molecular complexity index is 248. The lowest BCUT2D eigenvalue weighted by atomic mass is 10.1. The molecule has 104 valence electrons. The van der Waals surface area contributed by atoms with Crippen molar-refractivity contribution in [3.8, 4) is 11.8 Å². The molecule has 0 heterocycles. The van der Waals surface area contributed by atoms with Gasteiger partial charge in [0.15, 0.2) is 0 Å². The Kier molecular flexibility index (Phi) is 13.3. The first-order chi connectivity index (χ1) is 8.81. The fourth-order valence-electron chi connectivity index (χ4n) is 1.72. The van der Waals surface area contributed by atoms with Gasteiger partial charge in [0, 0.05) is 19.3 Å². The van der Waals surface area contributed by atoms with E-state index < -0.39 is 0 Å². The maximum Gasteiger partial charge on any atom is 0.305 e. The van der Waals surface area contributed by atoms with Gasteiger partial charge in [0.1, 0.15) is 0 Å². The highest BCUT2D eigenvalue weighted by Crippen LogP contribution is 2.06. The van der Waals surface area contributed by atoms with Gasteiger partial charge in [-0.05, 0) is 19.8 Å². The highest BCUT2D eigenvalue weighted by atomic mass is 16.5. The smallest absolute Gasteiger partial charge is 0.305 e. The number of esters is 1. The normalized spacial score (nSPS) is 9.67. The molecule has 2 heteroatoms. The molecule has 0 aromatic rings. The van der Waals surface area contributed by atoms with E-state index in [1.807, 2.05) is 6.92 Å². The number of carbonyl (C=O) groups is 1. The van der Waals surface area contributed by atoms with Crippen molar-refractivity contribution in [1.82, 2.24) is 0 Å². The number of hydrogen-bond donors (Lipinski definition) is 0. The monoisotopic (exact) mass is 252 g/mol. The van der Waals surface area contributed by atoms with E-state index in [1.54, 1.807) is 0 Å². The molecule has 0 aromatic heterocycles. The van der Waals surface area contributed by atoms with Crippen LogP contribution in [-0.4, -0.2) is 12.6 Å². The molecule has 0 rings (SSSR count). The first-order valence-corrected chi connectivity index (χ1v) is 7.42. The van der Waals surface area contributed by atoms with Crippen LogP contribution in [0.1, 0.15) is 78.1 Å². The van der Waals surface area contributed by atoms with Crippen LogP contribution in [0.5, 0.6) is 0 Å². The molecule has 0 aromatic carbocycles. The van der Waals surface area contributed by atoms with E-state index in [2.05, 4.69) is 18.8 Å². The van der Waals surface area contributed by atoms with Crippen LogP contribution in [0.2, 0.25) is 0 Å². The fraction of sp³-hybridized carbons (Fsp3) is 0.812. The van der Waals surface area contributed by atoms with E-state index in [4.69, 9.17) is 4.74 Å². The second-order valence-electron chi connectivity index (χ2n) is 4.53. The maximum absolute atomic E-state index is 11.0.